The van der Waals surface area contributed by atoms with Crippen LogP contribution in [0.5, 0.6) is 0 Å². The van der Waals surface area contributed by atoms with E-state index in [0.29, 0.717) is 26.0 Å². The molecule has 1 fully saturated rings. The summed E-state index contributed by atoms with van der Waals surface area (Å²) in [6, 6.07) is 3.43. The van der Waals surface area contributed by atoms with Gasteiger partial charge in [-0.25, -0.2) is 0 Å². The van der Waals surface area contributed by atoms with Gasteiger partial charge in [0, 0.05) is 53.3 Å². The van der Waals surface area contributed by atoms with Crippen molar-refractivity contribution in [3.8, 4) is 0 Å². The van der Waals surface area contributed by atoms with Gasteiger partial charge in [0.2, 0.25) is 6.41 Å². The van der Waals surface area contributed by atoms with Crippen molar-refractivity contribution in [2.24, 2.45) is 4.58 Å². The molecule has 0 bridgehead atoms. The lowest BCUT2D eigenvalue weighted by Gasteiger charge is -2.44. The summed E-state index contributed by atoms with van der Waals surface area (Å²) in [5, 5.41) is 10.2. The van der Waals surface area contributed by atoms with Gasteiger partial charge >= 0.3 is 0 Å². The molecule has 1 N–H and O–H groups in total. The van der Waals surface area contributed by atoms with Gasteiger partial charge in [0.05, 0.1) is 6.04 Å². The number of pyridine rings is 1. The molecule has 0 saturated carbocycles. The number of hydrogen-bond acceptors (Lipinski definition) is 7. The fourth-order valence-electron chi connectivity index (χ4n) is 2.74. The molecule has 0 spiro atoms. The van der Waals surface area contributed by atoms with E-state index in [1.54, 1.807) is 18.5 Å². The first-order chi connectivity index (χ1) is 10.5. The third kappa shape index (κ3) is 4.02. The number of hydrogen-bond donors (Lipinski definition) is 1. The highest BCUT2D eigenvalue weighted by Gasteiger charge is 2.36. The van der Waals surface area contributed by atoms with E-state index < -0.39 is 6.23 Å². The number of aliphatic hydroxyl groups is 1. The minimum atomic E-state index is -0.888. The molecule has 2 rings (SSSR count). The van der Waals surface area contributed by atoms with Gasteiger partial charge in [-0.3, -0.25) is 14.7 Å². The number of carbonyl (C=O) groups excluding carboxylic acids is 1. The number of carbonyl (C=O) groups is 1. The number of nitroso groups, excluding NO2 is 1. The Bertz CT molecular complexity index is 514. The van der Waals surface area contributed by atoms with Crippen molar-refractivity contribution in [2.45, 2.75) is 30.9 Å². The highest BCUT2D eigenvalue weighted by Crippen LogP contribution is 2.31. The van der Waals surface area contributed by atoms with Crippen molar-refractivity contribution in [3.63, 3.8) is 0 Å². The van der Waals surface area contributed by atoms with E-state index in [0.717, 1.165) is 17.5 Å². The smallest absolute Gasteiger partial charge is 0.212 e. The molecule has 1 saturated heterocycles. The first-order valence-electron chi connectivity index (χ1n) is 7.01. The highest BCUT2D eigenvalue weighted by molar-refractivity contribution is 7.99. The standard InChI is InChI=1S/C14H20N4O3S/c1-14(2,22-16-21)9-17-7-12(11-4-3-5-15-6-11)18(10-19)13(20)8-17/h3-6,10,12-13,20H,7-9H2,1-2H3. The molecule has 2 unspecified atom stereocenters. The van der Waals surface area contributed by atoms with Crippen LogP contribution in [0.1, 0.15) is 25.5 Å². The Labute approximate surface area is 133 Å². The van der Waals surface area contributed by atoms with Crippen LogP contribution in [0.25, 0.3) is 0 Å². The quantitative estimate of drug-likeness (QED) is 0.484. The van der Waals surface area contributed by atoms with Crippen LogP contribution in [0.2, 0.25) is 0 Å². The van der Waals surface area contributed by atoms with Gasteiger partial charge in [-0.05, 0) is 25.5 Å². The summed E-state index contributed by atoms with van der Waals surface area (Å²) < 4.78 is 2.54. The Hall–Kier alpha value is -1.51. The SMILES string of the molecule is CC(C)(CN1CC(O)N(C=O)C(c2cccnc2)C1)SN=O. The van der Waals surface area contributed by atoms with Crippen molar-refractivity contribution in [2.75, 3.05) is 19.6 Å². The number of piperazine rings is 1. The summed E-state index contributed by atoms with van der Waals surface area (Å²) >= 11 is 0.983. The van der Waals surface area contributed by atoms with Crippen molar-refractivity contribution >= 4 is 18.4 Å². The van der Waals surface area contributed by atoms with Crippen LogP contribution in [-0.4, -0.2) is 56.9 Å². The molecule has 8 heteroatoms. The maximum Gasteiger partial charge on any atom is 0.212 e. The fourth-order valence-corrected chi connectivity index (χ4v) is 3.18. The van der Waals surface area contributed by atoms with Crippen molar-refractivity contribution in [3.05, 3.63) is 35.0 Å². The zero-order valence-corrected chi connectivity index (χ0v) is 13.4. The minimum absolute atomic E-state index is 0.264. The fraction of sp³-hybridized carbons (Fsp3) is 0.571. The molecule has 1 aromatic heterocycles. The van der Waals surface area contributed by atoms with Gasteiger partial charge in [-0.2, -0.15) is 0 Å². The van der Waals surface area contributed by atoms with Crippen molar-refractivity contribution in [1.82, 2.24) is 14.8 Å². The number of aromatic nitrogens is 1. The molecule has 22 heavy (non-hydrogen) atoms. The predicted octanol–water partition coefficient (Wildman–Crippen LogP) is 1.41. The zero-order valence-electron chi connectivity index (χ0n) is 12.6. The van der Waals surface area contributed by atoms with E-state index in [1.807, 2.05) is 24.8 Å². The lowest BCUT2D eigenvalue weighted by molar-refractivity contribution is -0.141. The van der Waals surface area contributed by atoms with Crippen LogP contribution in [0.4, 0.5) is 0 Å². The zero-order chi connectivity index (χ0) is 16.2. The number of nitrogens with zero attached hydrogens (tertiary/aromatic N) is 4. The van der Waals surface area contributed by atoms with E-state index in [9.17, 15) is 14.8 Å². The molecule has 1 aliphatic rings. The van der Waals surface area contributed by atoms with E-state index in [2.05, 4.69) is 9.57 Å². The summed E-state index contributed by atoms with van der Waals surface area (Å²) in [5.41, 5.74) is 0.873. The maximum absolute atomic E-state index is 11.3. The molecular weight excluding hydrogens is 304 g/mol. The van der Waals surface area contributed by atoms with Gasteiger partial charge in [0.15, 0.2) is 0 Å². The molecule has 120 valence electrons. The van der Waals surface area contributed by atoms with E-state index >= 15 is 0 Å². The predicted molar refractivity (Wildman–Crippen MR) is 84.8 cm³/mol. The second-order valence-corrected chi connectivity index (χ2v) is 7.39. The molecule has 0 aromatic carbocycles. The van der Waals surface area contributed by atoms with Gasteiger partial charge in [-0.15, -0.1) is 4.91 Å². The summed E-state index contributed by atoms with van der Waals surface area (Å²) in [7, 11) is 0. The molecule has 1 amide bonds. The summed E-state index contributed by atoms with van der Waals surface area (Å²) in [6.45, 7) is 5.36. The molecular formula is C14H20N4O3S. The molecule has 0 aliphatic carbocycles. The number of aliphatic hydroxyl groups excluding tert-OH is 1. The highest BCUT2D eigenvalue weighted by atomic mass is 32.2. The molecule has 1 aliphatic heterocycles. The van der Waals surface area contributed by atoms with Crippen LogP contribution in [0, 0.1) is 4.91 Å². The maximum atomic E-state index is 11.3. The summed E-state index contributed by atoms with van der Waals surface area (Å²) in [4.78, 5) is 29.3. The molecule has 2 atom stereocenters. The van der Waals surface area contributed by atoms with Crippen molar-refractivity contribution < 1.29 is 9.90 Å². The average Bonchev–Trinajstić information content (AvgIpc) is 2.47. The van der Waals surface area contributed by atoms with Crippen LogP contribution in [-0.2, 0) is 4.79 Å². The number of β-amino-alcohol motifs (C(OH)–C–C–N with tert-alkyl or cyclic N) is 1. The third-order valence-electron chi connectivity index (χ3n) is 3.64. The lowest BCUT2D eigenvalue weighted by Crippen LogP contribution is -2.56. The minimum Gasteiger partial charge on any atom is -0.372 e. The van der Waals surface area contributed by atoms with Crippen LogP contribution in [0.15, 0.2) is 29.1 Å². The van der Waals surface area contributed by atoms with Gasteiger partial charge < -0.3 is 10.0 Å². The first kappa shape index (κ1) is 16.9. The third-order valence-corrected chi connectivity index (χ3v) is 4.33. The summed E-state index contributed by atoms with van der Waals surface area (Å²) in [5.74, 6) is 0. The Morgan fingerprint density at radius 1 is 1.55 bits per heavy atom. The van der Waals surface area contributed by atoms with Crippen molar-refractivity contribution in [1.29, 1.82) is 0 Å². The van der Waals surface area contributed by atoms with Crippen LogP contribution < -0.4 is 0 Å². The number of amides is 1. The molecule has 7 nitrogen and oxygen atoms in total. The Morgan fingerprint density at radius 2 is 2.32 bits per heavy atom. The van der Waals surface area contributed by atoms with Gasteiger partial charge in [-0.1, -0.05) is 6.07 Å². The van der Waals surface area contributed by atoms with Gasteiger partial charge in [0.25, 0.3) is 0 Å². The van der Waals surface area contributed by atoms with E-state index in [1.165, 1.54) is 4.90 Å². The largest absolute Gasteiger partial charge is 0.372 e. The lowest BCUT2D eigenvalue weighted by atomic mass is 10.0. The summed E-state index contributed by atoms with van der Waals surface area (Å²) in [6.07, 6.45) is 3.15. The molecule has 0 radical (unpaired) electrons. The topological polar surface area (TPSA) is 86.1 Å². The number of rotatable bonds is 6. The normalized spacial score (nSPS) is 23.3. The second-order valence-electron chi connectivity index (χ2n) is 5.95. The van der Waals surface area contributed by atoms with Crippen LogP contribution in [0.3, 0.4) is 0 Å². The Morgan fingerprint density at radius 3 is 2.91 bits per heavy atom. The van der Waals surface area contributed by atoms with Gasteiger partial charge in [0.1, 0.15) is 6.23 Å². The van der Waals surface area contributed by atoms with Crippen LogP contribution >= 0.6 is 11.9 Å². The Balaban J connectivity index is 2.17. The molecule has 2 heterocycles. The first-order valence-corrected chi connectivity index (χ1v) is 7.78. The second kappa shape index (κ2) is 7.17. The van der Waals surface area contributed by atoms with E-state index in [4.69, 9.17) is 0 Å². The Kier molecular flexibility index (Phi) is 5.49. The van der Waals surface area contributed by atoms with E-state index in [-0.39, 0.29) is 10.8 Å². The molecule has 1 aromatic rings. The average molecular weight is 324 g/mol. The monoisotopic (exact) mass is 324 g/mol.